The van der Waals surface area contributed by atoms with Crippen LogP contribution in [0.3, 0.4) is 0 Å². The molecule has 3 heteroatoms. The molecule has 18 heavy (non-hydrogen) atoms. The summed E-state index contributed by atoms with van der Waals surface area (Å²) in [5, 5.41) is 2.89. The lowest BCUT2D eigenvalue weighted by Gasteiger charge is -2.27. The first kappa shape index (κ1) is 10.8. The van der Waals surface area contributed by atoms with Gasteiger partial charge in [-0.25, -0.2) is 0 Å². The molecule has 0 saturated carbocycles. The topological polar surface area (TPSA) is 32.3 Å². The van der Waals surface area contributed by atoms with Crippen molar-refractivity contribution in [3.8, 4) is 11.1 Å². The Hall–Kier alpha value is -2.29. The minimum Gasteiger partial charge on any atom is -0.364 e. The number of carbonyl (C=O) groups is 1. The van der Waals surface area contributed by atoms with Gasteiger partial charge in [-0.15, -0.1) is 0 Å². The van der Waals surface area contributed by atoms with Gasteiger partial charge in [0.25, 0.3) is 0 Å². The fourth-order valence-corrected chi connectivity index (χ4v) is 2.25. The van der Waals surface area contributed by atoms with Crippen molar-refractivity contribution >= 4 is 17.3 Å². The smallest absolute Gasteiger partial charge is 0.243 e. The first-order chi connectivity index (χ1) is 8.74. The molecule has 3 rings (SSSR count). The van der Waals surface area contributed by atoms with E-state index in [-0.39, 0.29) is 5.91 Å². The second-order valence-electron chi connectivity index (χ2n) is 4.50. The lowest BCUT2D eigenvalue weighted by molar-refractivity contribution is -0.115. The van der Waals surface area contributed by atoms with Gasteiger partial charge in [0.15, 0.2) is 0 Å². The SMILES string of the molecule is CN1CC(=O)Nc2ccc(-c3ccccc3)cc21. The minimum atomic E-state index is 0.0393. The van der Waals surface area contributed by atoms with Gasteiger partial charge in [0.2, 0.25) is 5.91 Å². The van der Waals surface area contributed by atoms with E-state index in [0.717, 1.165) is 16.9 Å². The van der Waals surface area contributed by atoms with Gasteiger partial charge in [0.1, 0.15) is 0 Å². The number of likely N-dealkylation sites (N-methyl/N-ethyl adjacent to an activating group) is 1. The zero-order chi connectivity index (χ0) is 12.5. The van der Waals surface area contributed by atoms with Crippen molar-refractivity contribution < 1.29 is 4.79 Å². The van der Waals surface area contributed by atoms with Crippen molar-refractivity contribution in [3.63, 3.8) is 0 Å². The Bertz CT molecular complexity index is 593. The number of nitrogens with one attached hydrogen (secondary N) is 1. The van der Waals surface area contributed by atoms with Gasteiger partial charge in [-0.05, 0) is 23.3 Å². The highest BCUT2D eigenvalue weighted by Crippen LogP contribution is 2.33. The van der Waals surface area contributed by atoms with Crippen molar-refractivity contribution in [2.24, 2.45) is 0 Å². The first-order valence-electron chi connectivity index (χ1n) is 5.94. The van der Waals surface area contributed by atoms with E-state index < -0.39 is 0 Å². The van der Waals surface area contributed by atoms with Gasteiger partial charge in [-0.3, -0.25) is 4.79 Å². The first-order valence-corrected chi connectivity index (χ1v) is 5.94. The minimum absolute atomic E-state index is 0.0393. The van der Waals surface area contributed by atoms with Crippen LogP contribution >= 0.6 is 0 Å². The predicted octanol–water partition coefficient (Wildman–Crippen LogP) is 2.74. The lowest BCUT2D eigenvalue weighted by atomic mass is 10.0. The number of benzene rings is 2. The number of anilines is 2. The molecule has 3 nitrogen and oxygen atoms in total. The summed E-state index contributed by atoms with van der Waals surface area (Å²) in [5.74, 6) is 0.0393. The number of hydrogen-bond donors (Lipinski definition) is 1. The quantitative estimate of drug-likeness (QED) is 0.828. The van der Waals surface area contributed by atoms with Crippen molar-refractivity contribution in [3.05, 3.63) is 48.5 Å². The van der Waals surface area contributed by atoms with Gasteiger partial charge in [0, 0.05) is 7.05 Å². The highest BCUT2D eigenvalue weighted by molar-refractivity contribution is 6.01. The Morgan fingerprint density at radius 3 is 2.61 bits per heavy atom. The molecule has 0 spiro atoms. The van der Waals surface area contributed by atoms with Crippen molar-refractivity contribution in [1.29, 1.82) is 0 Å². The van der Waals surface area contributed by atoms with E-state index in [4.69, 9.17) is 0 Å². The van der Waals surface area contributed by atoms with Crippen LogP contribution in [0.1, 0.15) is 0 Å². The fraction of sp³-hybridized carbons (Fsp3) is 0.133. The van der Waals surface area contributed by atoms with Crippen LogP contribution in [-0.2, 0) is 4.79 Å². The monoisotopic (exact) mass is 238 g/mol. The van der Waals surface area contributed by atoms with E-state index in [1.54, 1.807) is 0 Å². The summed E-state index contributed by atoms with van der Waals surface area (Å²) in [7, 11) is 1.94. The standard InChI is InChI=1S/C15H14N2O/c1-17-10-15(18)16-13-8-7-12(9-14(13)17)11-5-3-2-4-6-11/h2-9H,10H2,1H3,(H,16,18). The van der Waals surface area contributed by atoms with Crippen LogP contribution in [-0.4, -0.2) is 19.5 Å². The zero-order valence-corrected chi connectivity index (χ0v) is 10.2. The molecule has 0 fully saturated rings. The average Bonchev–Trinajstić information content (AvgIpc) is 2.39. The molecule has 1 heterocycles. The van der Waals surface area contributed by atoms with Crippen LogP contribution < -0.4 is 10.2 Å². The maximum atomic E-state index is 11.4. The molecule has 0 saturated heterocycles. The Morgan fingerprint density at radius 2 is 1.83 bits per heavy atom. The maximum absolute atomic E-state index is 11.4. The highest BCUT2D eigenvalue weighted by atomic mass is 16.2. The van der Waals surface area contributed by atoms with E-state index in [2.05, 4.69) is 23.5 Å². The number of carbonyl (C=O) groups excluding carboxylic acids is 1. The van der Waals surface area contributed by atoms with Crippen LogP contribution in [0.5, 0.6) is 0 Å². The lowest BCUT2D eigenvalue weighted by Crippen LogP contribution is -2.35. The fourth-order valence-electron chi connectivity index (χ4n) is 2.25. The van der Waals surface area contributed by atoms with E-state index in [0.29, 0.717) is 6.54 Å². The zero-order valence-electron chi connectivity index (χ0n) is 10.2. The molecule has 1 N–H and O–H groups in total. The third-order valence-corrected chi connectivity index (χ3v) is 3.17. The van der Waals surface area contributed by atoms with Gasteiger partial charge < -0.3 is 10.2 Å². The molecule has 2 aromatic rings. The second-order valence-corrected chi connectivity index (χ2v) is 4.50. The number of amides is 1. The Balaban J connectivity index is 2.06. The Kier molecular flexibility index (Phi) is 2.52. The molecule has 1 aliphatic rings. The molecule has 0 radical (unpaired) electrons. The van der Waals surface area contributed by atoms with E-state index in [9.17, 15) is 4.79 Å². The Morgan fingerprint density at radius 1 is 1.06 bits per heavy atom. The van der Waals surface area contributed by atoms with Crippen LogP contribution in [0.15, 0.2) is 48.5 Å². The van der Waals surface area contributed by atoms with Crippen LogP contribution in [0.2, 0.25) is 0 Å². The largest absolute Gasteiger partial charge is 0.364 e. The van der Waals surface area contributed by atoms with E-state index >= 15 is 0 Å². The number of fused-ring (bicyclic) bond motifs is 1. The molecular weight excluding hydrogens is 224 g/mol. The molecule has 2 aromatic carbocycles. The Labute approximate surface area is 106 Å². The van der Waals surface area contributed by atoms with Gasteiger partial charge in [0.05, 0.1) is 17.9 Å². The molecule has 0 aliphatic carbocycles. The highest BCUT2D eigenvalue weighted by Gasteiger charge is 2.19. The van der Waals surface area contributed by atoms with Crippen LogP contribution in [0, 0.1) is 0 Å². The summed E-state index contributed by atoms with van der Waals surface area (Å²) < 4.78 is 0. The van der Waals surface area contributed by atoms with Crippen molar-refractivity contribution in [1.82, 2.24) is 0 Å². The number of nitrogens with zero attached hydrogens (tertiary/aromatic N) is 1. The summed E-state index contributed by atoms with van der Waals surface area (Å²) in [6.07, 6.45) is 0. The van der Waals surface area contributed by atoms with E-state index in [1.165, 1.54) is 5.56 Å². The molecule has 1 aliphatic heterocycles. The van der Waals surface area contributed by atoms with Gasteiger partial charge >= 0.3 is 0 Å². The van der Waals surface area contributed by atoms with Crippen LogP contribution in [0.4, 0.5) is 11.4 Å². The van der Waals surface area contributed by atoms with Crippen molar-refractivity contribution in [2.45, 2.75) is 0 Å². The maximum Gasteiger partial charge on any atom is 0.243 e. The molecule has 0 atom stereocenters. The van der Waals surface area contributed by atoms with Gasteiger partial charge in [-0.1, -0.05) is 36.4 Å². The number of rotatable bonds is 1. The molecule has 0 unspecified atom stereocenters. The molecule has 90 valence electrons. The third-order valence-electron chi connectivity index (χ3n) is 3.17. The predicted molar refractivity (Wildman–Crippen MR) is 73.8 cm³/mol. The molecule has 0 aromatic heterocycles. The normalized spacial score (nSPS) is 14.1. The summed E-state index contributed by atoms with van der Waals surface area (Å²) >= 11 is 0. The summed E-state index contributed by atoms with van der Waals surface area (Å²) in [6, 6.07) is 16.4. The summed E-state index contributed by atoms with van der Waals surface area (Å²) in [4.78, 5) is 13.4. The summed E-state index contributed by atoms with van der Waals surface area (Å²) in [6.45, 7) is 0.408. The second kappa shape index (κ2) is 4.18. The molecular formula is C15H14N2O. The van der Waals surface area contributed by atoms with Crippen LogP contribution in [0.25, 0.3) is 11.1 Å². The molecule has 0 bridgehead atoms. The summed E-state index contributed by atoms with van der Waals surface area (Å²) in [5.41, 5.74) is 4.30. The van der Waals surface area contributed by atoms with Gasteiger partial charge in [-0.2, -0.15) is 0 Å². The van der Waals surface area contributed by atoms with Crippen molar-refractivity contribution in [2.75, 3.05) is 23.8 Å². The van der Waals surface area contributed by atoms with E-state index in [1.807, 2.05) is 42.3 Å². The number of hydrogen-bond acceptors (Lipinski definition) is 2. The third kappa shape index (κ3) is 1.84. The average molecular weight is 238 g/mol. The molecule has 1 amide bonds.